The Labute approximate surface area is 110 Å². The number of hydrogen-bond donors (Lipinski definition) is 4. The van der Waals surface area contributed by atoms with Crippen molar-refractivity contribution < 1.29 is 15.0 Å². The molecule has 1 amide bonds. The number of carbonyl (C=O) groups is 1. The van der Waals surface area contributed by atoms with Gasteiger partial charge >= 0.3 is 0 Å². The average molecular weight is 260 g/mol. The number of amides is 1. The Morgan fingerprint density at radius 2 is 1.78 bits per heavy atom. The third kappa shape index (κ3) is 6.33. The molecule has 0 aliphatic carbocycles. The van der Waals surface area contributed by atoms with Gasteiger partial charge in [-0.3, -0.25) is 4.79 Å². The molecule has 0 aromatic rings. The van der Waals surface area contributed by atoms with E-state index in [1.54, 1.807) is 0 Å². The molecule has 0 heterocycles. The summed E-state index contributed by atoms with van der Waals surface area (Å²) in [7, 11) is 0. The zero-order chi connectivity index (χ0) is 14.4. The summed E-state index contributed by atoms with van der Waals surface area (Å²) >= 11 is 0. The highest BCUT2D eigenvalue weighted by Gasteiger charge is 2.29. The molecule has 1 atom stereocenters. The van der Waals surface area contributed by atoms with Crippen LogP contribution in [0.1, 0.15) is 47.0 Å². The number of hydrogen-bond acceptors (Lipinski definition) is 4. The fourth-order valence-electron chi connectivity index (χ4n) is 1.88. The molecule has 0 bridgehead atoms. The Morgan fingerprint density at radius 3 is 2.11 bits per heavy atom. The van der Waals surface area contributed by atoms with E-state index in [4.69, 9.17) is 5.73 Å². The Hall–Kier alpha value is -0.650. The van der Waals surface area contributed by atoms with E-state index < -0.39 is 5.54 Å². The molecular weight excluding hydrogens is 232 g/mol. The monoisotopic (exact) mass is 260 g/mol. The molecule has 108 valence electrons. The summed E-state index contributed by atoms with van der Waals surface area (Å²) in [6, 6.07) is -0.211. The van der Waals surface area contributed by atoms with Crippen molar-refractivity contribution in [2.75, 3.05) is 13.2 Å². The van der Waals surface area contributed by atoms with E-state index in [0.717, 1.165) is 6.42 Å². The molecule has 1 unspecified atom stereocenters. The van der Waals surface area contributed by atoms with Gasteiger partial charge in [0.15, 0.2) is 0 Å². The lowest BCUT2D eigenvalue weighted by Crippen LogP contribution is -2.54. The summed E-state index contributed by atoms with van der Waals surface area (Å²) in [6.07, 6.45) is 1.43. The lowest BCUT2D eigenvalue weighted by molar-refractivity contribution is -0.125. The first-order valence-corrected chi connectivity index (χ1v) is 6.46. The van der Waals surface area contributed by atoms with E-state index in [9.17, 15) is 15.0 Å². The predicted octanol–water partition coefficient (Wildman–Crippen LogP) is 0.390. The van der Waals surface area contributed by atoms with Gasteiger partial charge in [0.2, 0.25) is 5.91 Å². The van der Waals surface area contributed by atoms with E-state index in [1.807, 2.05) is 6.92 Å². The van der Waals surface area contributed by atoms with Gasteiger partial charge in [-0.1, -0.05) is 27.7 Å². The zero-order valence-electron chi connectivity index (χ0n) is 12.0. The smallest absolute Gasteiger partial charge is 0.222 e. The van der Waals surface area contributed by atoms with Gasteiger partial charge in [0.25, 0.3) is 0 Å². The van der Waals surface area contributed by atoms with Crippen molar-refractivity contribution in [3.8, 4) is 0 Å². The summed E-state index contributed by atoms with van der Waals surface area (Å²) in [5, 5.41) is 21.2. The van der Waals surface area contributed by atoms with Crippen molar-refractivity contribution in [1.82, 2.24) is 5.32 Å². The van der Waals surface area contributed by atoms with Crippen LogP contribution < -0.4 is 11.1 Å². The highest BCUT2D eigenvalue weighted by molar-refractivity contribution is 5.77. The molecule has 0 aromatic heterocycles. The number of carbonyl (C=O) groups excluding carboxylic acids is 1. The van der Waals surface area contributed by atoms with E-state index in [-0.39, 0.29) is 37.0 Å². The first-order valence-electron chi connectivity index (χ1n) is 6.46. The maximum absolute atomic E-state index is 11.8. The van der Waals surface area contributed by atoms with Crippen LogP contribution in [0, 0.1) is 5.41 Å². The van der Waals surface area contributed by atoms with Crippen molar-refractivity contribution in [3.05, 3.63) is 0 Å². The van der Waals surface area contributed by atoms with Crippen molar-refractivity contribution in [3.63, 3.8) is 0 Å². The maximum atomic E-state index is 11.8. The summed E-state index contributed by atoms with van der Waals surface area (Å²) in [5.41, 5.74) is 5.06. The second-order valence-electron chi connectivity index (χ2n) is 6.23. The fraction of sp³-hybridized carbons (Fsp3) is 0.923. The molecule has 0 spiro atoms. The van der Waals surface area contributed by atoms with Crippen LogP contribution in [0.4, 0.5) is 0 Å². The predicted molar refractivity (Wildman–Crippen MR) is 72.0 cm³/mol. The Bertz CT molecular complexity index is 249. The first kappa shape index (κ1) is 17.4. The van der Waals surface area contributed by atoms with Gasteiger partial charge in [-0.2, -0.15) is 0 Å². The van der Waals surface area contributed by atoms with Crippen LogP contribution in [0.5, 0.6) is 0 Å². The topological polar surface area (TPSA) is 95.6 Å². The quantitative estimate of drug-likeness (QED) is 0.532. The van der Waals surface area contributed by atoms with Crippen LogP contribution in [0.3, 0.4) is 0 Å². The minimum Gasteiger partial charge on any atom is -0.394 e. The van der Waals surface area contributed by atoms with Gasteiger partial charge in [0, 0.05) is 12.5 Å². The maximum Gasteiger partial charge on any atom is 0.222 e. The molecule has 5 nitrogen and oxygen atoms in total. The van der Waals surface area contributed by atoms with Gasteiger partial charge in [-0.25, -0.2) is 0 Å². The highest BCUT2D eigenvalue weighted by Crippen LogP contribution is 2.21. The summed E-state index contributed by atoms with van der Waals surface area (Å²) in [6.45, 7) is 7.47. The third-order valence-corrected chi connectivity index (χ3v) is 3.01. The molecular formula is C13H28N2O3. The van der Waals surface area contributed by atoms with Gasteiger partial charge in [0.05, 0.1) is 18.8 Å². The minimum atomic E-state index is -0.932. The molecule has 0 aromatic carbocycles. The minimum absolute atomic E-state index is 0.0789. The first-order chi connectivity index (χ1) is 8.18. The average Bonchev–Trinajstić information content (AvgIpc) is 2.23. The number of nitrogens with two attached hydrogens (primary N) is 1. The van der Waals surface area contributed by atoms with E-state index in [0.29, 0.717) is 6.42 Å². The number of rotatable bonds is 7. The van der Waals surface area contributed by atoms with E-state index in [1.165, 1.54) is 0 Å². The summed E-state index contributed by atoms with van der Waals surface area (Å²) < 4.78 is 0. The van der Waals surface area contributed by atoms with Crippen molar-refractivity contribution >= 4 is 5.91 Å². The van der Waals surface area contributed by atoms with Crippen LogP contribution in [0.25, 0.3) is 0 Å². The van der Waals surface area contributed by atoms with Crippen molar-refractivity contribution in [2.24, 2.45) is 11.1 Å². The molecule has 0 rings (SSSR count). The molecule has 0 fully saturated rings. The van der Waals surface area contributed by atoms with E-state index >= 15 is 0 Å². The second-order valence-corrected chi connectivity index (χ2v) is 6.23. The van der Waals surface area contributed by atoms with Crippen LogP contribution >= 0.6 is 0 Å². The van der Waals surface area contributed by atoms with Gasteiger partial charge in [-0.15, -0.1) is 0 Å². The van der Waals surface area contributed by atoms with Crippen LogP contribution in [0.15, 0.2) is 0 Å². The molecule has 5 N–H and O–H groups in total. The van der Waals surface area contributed by atoms with Gasteiger partial charge < -0.3 is 21.3 Å². The molecule has 0 saturated heterocycles. The molecule has 0 radical (unpaired) electrons. The molecule has 0 saturated carbocycles. The second kappa shape index (κ2) is 7.07. The number of nitrogens with one attached hydrogen (secondary N) is 1. The number of aliphatic hydroxyl groups is 2. The summed E-state index contributed by atoms with van der Waals surface area (Å²) in [4.78, 5) is 11.8. The van der Waals surface area contributed by atoms with E-state index in [2.05, 4.69) is 26.1 Å². The Balaban J connectivity index is 4.33. The van der Waals surface area contributed by atoms with Crippen LogP contribution in [0.2, 0.25) is 0 Å². The van der Waals surface area contributed by atoms with Crippen LogP contribution in [-0.2, 0) is 4.79 Å². The Morgan fingerprint density at radius 1 is 1.28 bits per heavy atom. The SMILES string of the molecule is CCC(CO)(CO)NC(=O)CC(N)CC(C)(C)C. The largest absolute Gasteiger partial charge is 0.394 e. The van der Waals surface area contributed by atoms with Crippen LogP contribution in [-0.4, -0.2) is 40.9 Å². The number of aliphatic hydroxyl groups excluding tert-OH is 2. The third-order valence-electron chi connectivity index (χ3n) is 3.01. The lowest BCUT2D eigenvalue weighted by atomic mass is 9.87. The highest BCUT2D eigenvalue weighted by atomic mass is 16.3. The Kier molecular flexibility index (Phi) is 6.81. The normalized spacial score (nSPS) is 14.4. The summed E-state index contributed by atoms with van der Waals surface area (Å²) in [5.74, 6) is -0.225. The standard InChI is InChI=1S/C13H28N2O3/c1-5-13(8-16,9-17)15-11(18)6-10(14)7-12(2,3)4/h10,16-17H,5-9,14H2,1-4H3,(H,15,18). The van der Waals surface area contributed by atoms with Crippen molar-refractivity contribution in [2.45, 2.75) is 58.5 Å². The molecule has 0 aliphatic rings. The van der Waals surface area contributed by atoms with Gasteiger partial charge in [0.1, 0.15) is 0 Å². The molecule has 5 heteroatoms. The zero-order valence-corrected chi connectivity index (χ0v) is 12.0. The van der Waals surface area contributed by atoms with Crippen molar-refractivity contribution in [1.29, 1.82) is 0 Å². The van der Waals surface area contributed by atoms with Gasteiger partial charge in [-0.05, 0) is 18.3 Å². The molecule has 18 heavy (non-hydrogen) atoms. The lowest BCUT2D eigenvalue weighted by Gasteiger charge is -2.30. The molecule has 0 aliphatic heterocycles. The fourth-order valence-corrected chi connectivity index (χ4v) is 1.88.